The molecule has 0 saturated heterocycles. The van der Waals surface area contributed by atoms with Crippen LogP contribution in [0.2, 0.25) is 0 Å². The summed E-state index contributed by atoms with van der Waals surface area (Å²) in [5.74, 6) is -0.0626. The van der Waals surface area contributed by atoms with Crippen LogP contribution in [0, 0.1) is 13.8 Å². The van der Waals surface area contributed by atoms with Gasteiger partial charge in [-0.25, -0.2) is 13.4 Å². The number of carbonyl (C=O) groups is 1. The number of rotatable bonds is 5. The second kappa shape index (κ2) is 7.60. The Bertz CT molecular complexity index is 800. The number of nitrogens with two attached hydrogens (primary N) is 1. The third kappa shape index (κ3) is 4.43. The van der Waals surface area contributed by atoms with E-state index in [4.69, 9.17) is 10.3 Å². The summed E-state index contributed by atoms with van der Waals surface area (Å²) in [6.07, 6.45) is 1.38. The van der Waals surface area contributed by atoms with Crippen molar-refractivity contribution in [3.05, 3.63) is 29.8 Å². The van der Waals surface area contributed by atoms with Gasteiger partial charge in [0.2, 0.25) is 15.9 Å². The van der Waals surface area contributed by atoms with E-state index in [1.54, 1.807) is 6.07 Å². The Balaban J connectivity index is 0.00000288. The molecule has 0 saturated carbocycles. The topological polar surface area (TPSA) is 140 Å². The SMILES string of the molecule is Cc1noc(C)c1S(=O)(=O)NC(C)C(=O)Nc1ccc(N)nc1.Cl. The van der Waals surface area contributed by atoms with Crippen LogP contribution in [0.25, 0.3) is 0 Å². The van der Waals surface area contributed by atoms with E-state index in [9.17, 15) is 13.2 Å². The average Bonchev–Trinajstić information content (AvgIpc) is 2.80. The minimum Gasteiger partial charge on any atom is -0.384 e. The van der Waals surface area contributed by atoms with E-state index in [-0.39, 0.29) is 28.8 Å². The van der Waals surface area contributed by atoms with Crippen molar-refractivity contribution in [1.82, 2.24) is 14.9 Å². The van der Waals surface area contributed by atoms with Crippen LogP contribution in [-0.2, 0) is 14.8 Å². The first-order valence-electron chi connectivity index (χ1n) is 6.68. The van der Waals surface area contributed by atoms with Crippen molar-refractivity contribution in [3.63, 3.8) is 0 Å². The van der Waals surface area contributed by atoms with E-state index in [0.717, 1.165) is 0 Å². The van der Waals surface area contributed by atoms with E-state index in [2.05, 4.69) is 20.2 Å². The number of amides is 1. The average molecular weight is 376 g/mol. The van der Waals surface area contributed by atoms with Gasteiger partial charge in [-0.3, -0.25) is 4.79 Å². The lowest BCUT2D eigenvalue weighted by molar-refractivity contribution is -0.117. The predicted octanol–water partition coefficient (Wildman–Crippen LogP) is 0.996. The van der Waals surface area contributed by atoms with Gasteiger partial charge in [-0.05, 0) is 32.9 Å². The summed E-state index contributed by atoms with van der Waals surface area (Å²) in [6, 6.07) is 2.08. The highest BCUT2D eigenvalue weighted by Gasteiger charge is 2.28. The number of pyridine rings is 1. The van der Waals surface area contributed by atoms with Gasteiger partial charge in [0.1, 0.15) is 16.4 Å². The molecule has 24 heavy (non-hydrogen) atoms. The fraction of sp³-hybridized carbons (Fsp3) is 0.308. The minimum absolute atomic E-state index is 0. The van der Waals surface area contributed by atoms with Crippen molar-refractivity contribution in [2.75, 3.05) is 11.1 Å². The fourth-order valence-electron chi connectivity index (χ4n) is 1.93. The maximum absolute atomic E-state index is 12.3. The molecule has 0 aliphatic rings. The summed E-state index contributed by atoms with van der Waals surface area (Å²) >= 11 is 0. The van der Waals surface area contributed by atoms with Crippen molar-refractivity contribution in [3.8, 4) is 0 Å². The molecule has 0 spiro atoms. The Hall–Kier alpha value is -2.17. The van der Waals surface area contributed by atoms with Crippen molar-refractivity contribution in [2.24, 2.45) is 0 Å². The van der Waals surface area contributed by atoms with Crippen LogP contribution in [0.3, 0.4) is 0 Å². The van der Waals surface area contributed by atoms with Crippen LogP contribution in [0.4, 0.5) is 11.5 Å². The molecule has 0 aliphatic carbocycles. The van der Waals surface area contributed by atoms with Gasteiger partial charge in [0.25, 0.3) is 0 Å². The van der Waals surface area contributed by atoms with Crippen LogP contribution in [0.5, 0.6) is 0 Å². The number of nitrogen functional groups attached to an aromatic ring is 1. The Morgan fingerprint density at radius 3 is 2.50 bits per heavy atom. The van der Waals surface area contributed by atoms with Gasteiger partial charge in [-0.1, -0.05) is 5.16 Å². The minimum atomic E-state index is -3.92. The smallest absolute Gasteiger partial charge is 0.246 e. The molecular weight excluding hydrogens is 358 g/mol. The highest BCUT2D eigenvalue weighted by atomic mass is 35.5. The maximum Gasteiger partial charge on any atom is 0.246 e. The van der Waals surface area contributed by atoms with Gasteiger partial charge in [0.05, 0.1) is 17.9 Å². The molecule has 1 unspecified atom stereocenters. The molecule has 0 aromatic carbocycles. The zero-order valence-corrected chi connectivity index (χ0v) is 14.9. The maximum atomic E-state index is 12.3. The van der Waals surface area contributed by atoms with Crippen molar-refractivity contribution < 1.29 is 17.7 Å². The lowest BCUT2D eigenvalue weighted by Gasteiger charge is -2.14. The highest BCUT2D eigenvalue weighted by molar-refractivity contribution is 7.89. The number of aryl methyl sites for hydroxylation is 2. The third-order valence-electron chi connectivity index (χ3n) is 3.02. The molecule has 11 heteroatoms. The van der Waals surface area contributed by atoms with E-state index < -0.39 is 22.0 Å². The quantitative estimate of drug-likeness (QED) is 0.707. The Kier molecular flexibility index (Phi) is 6.29. The number of hydrogen-bond donors (Lipinski definition) is 3. The molecule has 132 valence electrons. The normalized spacial score (nSPS) is 12.3. The van der Waals surface area contributed by atoms with Crippen LogP contribution in [0.15, 0.2) is 27.7 Å². The third-order valence-corrected chi connectivity index (χ3v) is 4.80. The monoisotopic (exact) mass is 375 g/mol. The molecule has 1 atom stereocenters. The van der Waals surface area contributed by atoms with Gasteiger partial charge in [-0.2, -0.15) is 4.72 Å². The molecule has 1 amide bonds. The molecule has 9 nitrogen and oxygen atoms in total. The largest absolute Gasteiger partial charge is 0.384 e. The number of hydrogen-bond acceptors (Lipinski definition) is 7. The molecule has 0 aliphatic heterocycles. The zero-order chi connectivity index (χ0) is 17.2. The molecule has 0 bridgehead atoms. The van der Waals surface area contributed by atoms with Crippen LogP contribution in [-0.4, -0.2) is 30.5 Å². The molecule has 0 fully saturated rings. The first kappa shape index (κ1) is 19.9. The number of carbonyl (C=O) groups excluding carboxylic acids is 1. The molecule has 2 rings (SSSR count). The Morgan fingerprint density at radius 1 is 1.33 bits per heavy atom. The molecule has 4 N–H and O–H groups in total. The number of anilines is 2. The first-order valence-corrected chi connectivity index (χ1v) is 8.16. The van der Waals surface area contributed by atoms with Crippen molar-refractivity contribution in [1.29, 1.82) is 0 Å². The summed E-state index contributed by atoms with van der Waals surface area (Å²) in [5, 5.41) is 6.14. The van der Waals surface area contributed by atoms with E-state index in [1.807, 2.05) is 0 Å². The molecule has 2 aromatic rings. The number of sulfonamides is 1. The zero-order valence-electron chi connectivity index (χ0n) is 13.2. The van der Waals surface area contributed by atoms with Crippen LogP contribution < -0.4 is 15.8 Å². The van der Waals surface area contributed by atoms with E-state index >= 15 is 0 Å². The standard InChI is InChI=1S/C13H17N5O4S.ClH/c1-7-12(9(3)22-17-7)23(20,21)18-8(2)13(19)16-10-4-5-11(14)15-6-10;/h4-6,8,18H,1-3H3,(H2,14,15)(H,16,19);1H. The van der Waals surface area contributed by atoms with Crippen LogP contribution >= 0.6 is 12.4 Å². The number of halogens is 1. The second-order valence-electron chi connectivity index (χ2n) is 4.96. The predicted molar refractivity (Wildman–Crippen MR) is 90.3 cm³/mol. The van der Waals surface area contributed by atoms with Gasteiger partial charge < -0.3 is 15.6 Å². The lowest BCUT2D eigenvalue weighted by Crippen LogP contribution is -2.41. The number of nitrogens with one attached hydrogen (secondary N) is 2. The van der Waals surface area contributed by atoms with Gasteiger partial charge in [-0.15, -0.1) is 12.4 Å². The number of aromatic nitrogens is 2. The van der Waals surface area contributed by atoms with Gasteiger partial charge in [0, 0.05) is 0 Å². The fourth-order valence-corrected chi connectivity index (χ4v) is 3.47. The second-order valence-corrected chi connectivity index (χ2v) is 6.61. The molecule has 2 aromatic heterocycles. The van der Waals surface area contributed by atoms with Gasteiger partial charge >= 0.3 is 0 Å². The summed E-state index contributed by atoms with van der Waals surface area (Å²) in [5.41, 5.74) is 6.09. The van der Waals surface area contributed by atoms with E-state index in [0.29, 0.717) is 11.5 Å². The molecular formula is C13H18ClN5O4S. The molecule has 2 heterocycles. The Labute approximate surface area is 145 Å². The summed E-state index contributed by atoms with van der Waals surface area (Å²) in [7, 11) is -3.92. The summed E-state index contributed by atoms with van der Waals surface area (Å²) in [6.45, 7) is 4.42. The number of nitrogens with zero attached hydrogens (tertiary/aromatic N) is 2. The van der Waals surface area contributed by atoms with Crippen LogP contribution in [0.1, 0.15) is 18.4 Å². The summed E-state index contributed by atoms with van der Waals surface area (Å²) in [4.78, 5) is 15.8. The van der Waals surface area contributed by atoms with Gasteiger partial charge in [0.15, 0.2) is 5.76 Å². The van der Waals surface area contributed by atoms with Crippen molar-refractivity contribution >= 4 is 39.8 Å². The first-order chi connectivity index (χ1) is 10.7. The molecule has 0 radical (unpaired) electrons. The van der Waals surface area contributed by atoms with Crippen molar-refractivity contribution in [2.45, 2.75) is 31.7 Å². The summed E-state index contributed by atoms with van der Waals surface area (Å²) < 4.78 is 31.8. The Morgan fingerprint density at radius 2 is 2.00 bits per heavy atom. The van der Waals surface area contributed by atoms with E-state index in [1.165, 1.54) is 33.0 Å². The highest BCUT2D eigenvalue weighted by Crippen LogP contribution is 2.19. The lowest BCUT2D eigenvalue weighted by atomic mass is 10.3.